The molecule has 0 aliphatic carbocycles. The Bertz CT molecular complexity index is 601. The van der Waals surface area contributed by atoms with E-state index in [9.17, 15) is 4.79 Å². The zero-order chi connectivity index (χ0) is 15.4. The number of nitrogens with zero attached hydrogens (tertiary/aromatic N) is 3. The highest BCUT2D eigenvalue weighted by molar-refractivity contribution is 7.18. The van der Waals surface area contributed by atoms with Crippen molar-refractivity contribution in [2.75, 3.05) is 39.3 Å². The van der Waals surface area contributed by atoms with E-state index in [4.69, 9.17) is 4.98 Å². The summed E-state index contributed by atoms with van der Waals surface area (Å²) >= 11 is 1.78. The fourth-order valence-corrected chi connectivity index (χ4v) is 3.75. The van der Waals surface area contributed by atoms with Gasteiger partial charge in [0.1, 0.15) is 5.01 Å². The van der Waals surface area contributed by atoms with Gasteiger partial charge in [-0.3, -0.25) is 14.6 Å². The number of hydrogen-bond donors (Lipinski definition) is 1. The summed E-state index contributed by atoms with van der Waals surface area (Å²) in [6, 6.07) is 8.29. The molecule has 5 nitrogen and oxygen atoms in total. The van der Waals surface area contributed by atoms with Gasteiger partial charge < -0.3 is 5.32 Å². The Balaban J connectivity index is 1.50. The Morgan fingerprint density at radius 1 is 1.23 bits per heavy atom. The van der Waals surface area contributed by atoms with Gasteiger partial charge in [-0.25, -0.2) is 4.98 Å². The minimum Gasteiger partial charge on any atom is -0.355 e. The molecule has 1 amide bonds. The maximum absolute atomic E-state index is 11.6. The summed E-state index contributed by atoms with van der Waals surface area (Å²) < 4.78 is 1.26. The van der Waals surface area contributed by atoms with Crippen LogP contribution in [0.15, 0.2) is 24.3 Å². The standard InChI is InChI=1S/C16H22N4OS/c1-2-17-15(21)11-19-7-9-20(10-8-19)12-16-18-13-5-3-4-6-14(13)22-16/h3-6H,2,7-12H2,1H3,(H,17,21). The molecule has 0 bridgehead atoms. The second-order valence-electron chi connectivity index (χ2n) is 5.58. The number of fused-ring (bicyclic) bond motifs is 1. The Hall–Kier alpha value is -1.50. The van der Waals surface area contributed by atoms with Crippen molar-refractivity contribution in [1.82, 2.24) is 20.1 Å². The summed E-state index contributed by atoms with van der Waals surface area (Å²) in [4.78, 5) is 21.0. The van der Waals surface area contributed by atoms with Crippen molar-refractivity contribution in [1.29, 1.82) is 0 Å². The highest BCUT2D eigenvalue weighted by Gasteiger charge is 2.19. The molecular weight excluding hydrogens is 296 g/mol. The average Bonchev–Trinajstić information content (AvgIpc) is 2.91. The molecule has 1 fully saturated rings. The van der Waals surface area contributed by atoms with Crippen molar-refractivity contribution < 1.29 is 4.79 Å². The van der Waals surface area contributed by atoms with E-state index in [1.165, 1.54) is 9.71 Å². The van der Waals surface area contributed by atoms with Crippen LogP contribution in [-0.4, -0.2) is 60.0 Å². The molecule has 1 saturated heterocycles. The Morgan fingerprint density at radius 3 is 2.68 bits per heavy atom. The van der Waals surface area contributed by atoms with Gasteiger partial charge in [-0.1, -0.05) is 12.1 Å². The minimum atomic E-state index is 0.127. The molecule has 0 saturated carbocycles. The maximum Gasteiger partial charge on any atom is 0.234 e. The quantitative estimate of drug-likeness (QED) is 0.909. The number of hydrogen-bond acceptors (Lipinski definition) is 5. The SMILES string of the molecule is CCNC(=O)CN1CCN(Cc2nc3ccccc3s2)CC1. The van der Waals surface area contributed by atoms with Gasteiger partial charge in [0.25, 0.3) is 0 Å². The van der Waals surface area contributed by atoms with Crippen molar-refractivity contribution in [2.45, 2.75) is 13.5 Å². The first-order valence-electron chi connectivity index (χ1n) is 7.80. The second-order valence-corrected chi connectivity index (χ2v) is 6.70. The first-order valence-corrected chi connectivity index (χ1v) is 8.62. The van der Waals surface area contributed by atoms with Gasteiger partial charge in [0.15, 0.2) is 0 Å². The number of rotatable bonds is 5. The first kappa shape index (κ1) is 15.4. The molecule has 2 aromatic rings. The van der Waals surface area contributed by atoms with Crippen LogP contribution in [0.2, 0.25) is 0 Å². The number of aromatic nitrogens is 1. The molecule has 118 valence electrons. The molecule has 1 aromatic heterocycles. The van der Waals surface area contributed by atoms with E-state index in [2.05, 4.69) is 33.3 Å². The zero-order valence-electron chi connectivity index (χ0n) is 12.9. The van der Waals surface area contributed by atoms with E-state index in [1.807, 2.05) is 13.0 Å². The van der Waals surface area contributed by atoms with E-state index < -0.39 is 0 Å². The summed E-state index contributed by atoms with van der Waals surface area (Å²) in [5.41, 5.74) is 1.09. The number of thiazole rings is 1. The molecule has 0 atom stereocenters. The van der Waals surface area contributed by atoms with Crippen LogP contribution in [0.25, 0.3) is 10.2 Å². The zero-order valence-corrected chi connectivity index (χ0v) is 13.7. The van der Waals surface area contributed by atoms with Crippen molar-refractivity contribution in [3.8, 4) is 0 Å². The fourth-order valence-electron chi connectivity index (χ4n) is 2.74. The number of carbonyl (C=O) groups is 1. The fraction of sp³-hybridized carbons (Fsp3) is 0.500. The van der Waals surface area contributed by atoms with E-state index in [-0.39, 0.29) is 5.91 Å². The number of amides is 1. The van der Waals surface area contributed by atoms with Crippen LogP contribution in [0.5, 0.6) is 0 Å². The minimum absolute atomic E-state index is 0.127. The molecular formula is C16H22N4OS. The number of para-hydroxylation sites is 1. The number of nitrogens with one attached hydrogen (secondary N) is 1. The summed E-state index contributed by atoms with van der Waals surface area (Å²) in [5, 5.41) is 4.04. The van der Waals surface area contributed by atoms with Gasteiger partial charge in [0.05, 0.1) is 23.3 Å². The van der Waals surface area contributed by atoms with Crippen LogP contribution in [0, 0.1) is 0 Å². The van der Waals surface area contributed by atoms with Crippen molar-refractivity contribution in [2.24, 2.45) is 0 Å². The molecule has 1 N–H and O–H groups in total. The lowest BCUT2D eigenvalue weighted by Gasteiger charge is -2.33. The molecule has 6 heteroatoms. The number of piperazine rings is 1. The van der Waals surface area contributed by atoms with Crippen LogP contribution < -0.4 is 5.32 Å². The molecule has 0 spiro atoms. The lowest BCUT2D eigenvalue weighted by atomic mass is 10.3. The molecule has 0 radical (unpaired) electrons. The summed E-state index contributed by atoms with van der Waals surface area (Å²) in [6.45, 7) is 7.97. The van der Waals surface area contributed by atoms with Crippen LogP contribution in [-0.2, 0) is 11.3 Å². The average molecular weight is 318 g/mol. The Labute approximate surface area is 134 Å². The van der Waals surface area contributed by atoms with E-state index in [0.717, 1.165) is 38.2 Å². The van der Waals surface area contributed by atoms with Crippen molar-refractivity contribution in [3.63, 3.8) is 0 Å². The van der Waals surface area contributed by atoms with E-state index in [0.29, 0.717) is 13.1 Å². The predicted molar refractivity (Wildman–Crippen MR) is 90.0 cm³/mol. The topological polar surface area (TPSA) is 48.5 Å². The van der Waals surface area contributed by atoms with Gasteiger partial charge in [-0.2, -0.15) is 0 Å². The third-order valence-corrected chi connectivity index (χ3v) is 4.92. The van der Waals surface area contributed by atoms with E-state index in [1.54, 1.807) is 11.3 Å². The summed E-state index contributed by atoms with van der Waals surface area (Å²) in [6.07, 6.45) is 0. The molecule has 0 unspecified atom stereocenters. The third kappa shape index (κ3) is 3.82. The first-order chi connectivity index (χ1) is 10.7. The second kappa shape index (κ2) is 7.17. The summed E-state index contributed by atoms with van der Waals surface area (Å²) in [7, 11) is 0. The number of carbonyl (C=O) groups excluding carboxylic acids is 1. The number of likely N-dealkylation sites (N-methyl/N-ethyl adjacent to an activating group) is 1. The predicted octanol–water partition coefficient (Wildman–Crippen LogP) is 1.55. The van der Waals surface area contributed by atoms with Crippen molar-refractivity contribution >= 4 is 27.5 Å². The maximum atomic E-state index is 11.6. The monoisotopic (exact) mass is 318 g/mol. The molecule has 2 heterocycles. The van der Waals surface area contributed by atoms with Crippen LogP contribution in [0.4, 0.5) is 0 Å². The Morgan fingerprint density at radius 2 is 1.95 bits per heavy atom. The van der Waals surface area contributed by atoms with Crippen LogP contribution >= 0.6 is 11.3 Å². The molecule has 1 aliphatic rings. The van der Waals surface area contributed by atoms with Crippen LogP contribution in [0.3, 0.4) is 0 Å². The van der Waals surface area contributed by atoms with Gasteiger partial charge in [0, 0.05) is 32.7 Å². The summed E-state index contributed by atoms with van der Waals surface area (Å²) in [5.74, 6) is 0.127. The molecule has 22 heavy (non-hydrogen) atoms. The van der Waals surface area contributed by atoms with Gasteiger partial charge in [-0.15, -0.1) is 11.3 Å². The smallest absolute Gasteiger partial charge is 0.234 e. The van der Waals surface area contributed by atoms with Crippen molar-refractivity contribution in [3.05, 3.63) is 29.3 Å². The van der Waals surface area contributed by atoms with Gasteiger partial charge in [0.2, 0.25) is 5.91 Å². The molecule has 1 aliphatic heterocycles. The van der Waals surface area contributed by atoms with Gasteiger partial charge in [-0.05, 0) is 19.1 Å². The van der Waals surface area contributed by atoms with E-state index >= 15 is 0 Å². The normalized spacial score (nSPS) is 17.0. The lowest BCUT2D eigenvalue weighted by Crippen LogP contribution is -2.49. The highest BCUT2D eigenvalue weighted by Crippen LogP contribution is 2.22. The number of benzene rings is 1. The third-order valence-electron chi connectivity index (χ3n) is 3.90. The molecule has 3 rings (SSSR count). The highest BCUT2D eigenvalue weighted by atomic mass is 32.1. The van der Waals surface area contributed by atoms with Crippen LogP contribution in [0.1, 0.15) is 11.9 Å². The molecule has 1 aromatic carbocycles. The largest absolute Gasteiger partial charge is 0.355 e. The van der Waals surface area contributed by atoms with Gasteiger partial charge >= 0.3 is 0 Å². The Kier molecular flexibility index (Phi) is 5.02. The lowest BCUT2D eigenvalue weighted by molar-refractivity contribution is -0.122.